The standard InChI is InChI=1S/C60H38N2/c1-60(2)57-33-53-47-26-22-36(35-61)28-49(47)43-17-7-9-19-45(43)51(53)31-55(57)56-32-52-46-20-10-8-18-44(46)50-30-41(25-27-48(50)54(52)34-58(56)60)62(40-24-23-37-12-3-4-14-39(37)29-40)59-21-11-15-38-13-5-6-16-42(38)59/h3-34H,1-2H3. The van der Waals surface area contributed by atoms with Crippen LogP contribution < -0.4 is 4.90 Å². The Morgan fingerprint density at radius 2 is 0.806 bits per heavy atom. The molecule has 0 heterocycles. The van der Waals surface area contributed by atoms with Crippen molar-refractivity contribution in [1.29, 1.82) is 5.26 Å². The number of nitriles is 1. The van der Waals surface area contributed by atoms with E-state index >= 15 is 0 Å². The Labute approximate surface area is 359 Å². The maximum absolute atomic E-state index is 9.84. The van der Waals surface area contributed by atoms with Crippen molar-refractivity contribution in [3.63, 3.8) is 0 Å². The summed E-state index contributed by atoms with van der Waals surface area (Å²) in [5.41, 5.74) is 9.15. The van der Waals surface area contributed by atoms with Crippen LogP contribution in [0.25, 0.3) is 97.3 Å². The molecule has 0 saturated carbocycles. The zero-order valence-corrected chi connectivity index (χ0v) is 34.4. The Bertz CT molecular complexity index is 3970. The first-order chi connectivity index (χ1) is 30.4. The van der Waals surface area contributed by atoms with Crippen LogP contribution in [-0.2, 0) is 5.41 Å². The van der Waals surface area contributed by atoms with Gasteiger partial charge >= 0.3 is 0 Å². The highest BCUT2D eigenvalue weighted by molar-refractivity contribution is 6.28. The van der Waals surface area contributed by atoms with Gasteiger partial charge in [-0.1, -0.05) is 141 Å². The summed E-state index contributed by atoms with van der Waals surface area (Å²) in [5, 5.41) is 29.5. The fourth-order valence-electron chi connectivity index (χ4n) is 11.0. The second-order valence-electron chi connectivity index (χ2n) is 17.6. The minimum atomic E-state index is -0.239. The maximum Gasteiger partial charge on any atom is 0.0991 e. The van der Waals surface area contributed by atoms with Gasteiger partial charge < -0.3 is 4.90 Å². The van der Waals surface area contributed by atoms with Crippen LogP contribution in [0.1, 0.15) is 30.5 Å². The average Bonchev–Trinajstić information content (AvgIpc) is 3.54. The molecule has 0 atom stereocenters. The molecule has 288 valence electrons. The van der Waals surface area contributed by atoms with Gasteiger partial charge in [0.25, 0.3) is 0 Å². The van der Waals surface area contributed by atoms with Crippen LogP contribution in [0, 0.1) is 11.3 Å². The smallest absolute Gasteiger partial charge is 0.0991 e. The maximum atomic E-state index is 9.84. The SMILES string of the molecule is CC1(C)c2cc3c4ccc(C#N)cc4c4ccccc4c3cc2-c2cc3c4ccccc4c4cc(N(c5ccc6ccccc6c5)c5cccc6ccccc56)ccc4c3cc21. The molecule has 0 aliphatic heterocycles. The molecule has 1 aliphatic carbocycles. The fourth-order valence-corrected chi connectivity index (χ4v) is 11.0. The van der Waals surface area contributed by atoms with E-state index in [4.69, 9.17) is 0 Å². The summed E-state index contributed by atoms with van der Waals surface area (Å²) in [6.07, 6.45) is 0. The number of benzene rings is 12. The topological polar surface area (TPSA) is 27.0 Å². The van der Waals surface area contributed by atoms with Crippen molar-refractivity contribution in [1.82, 2.24) is 0 Å². The molecule has 12 aromatic rings. The number of fused-ring (bicyclic) bond motifs is 17. The molecule has 0 fully saturated rings. The summed E-state index contributed by atoms with van der Waals surface area (Å²) in [4.78, 5) is 2.44. The Morgan fingerprint density at radius 3 is 1.44 bits per heavy atom. The van der Waals surface area contributed by atoms with Crippen molar-refractivity contribution < 1.29 is 0 Å². The van der Waals surface area contributed by atoms with Crippen LogP contribution in [0.15, 0.2) is 194 Å². The van der Waals surface area contributed by atoms with E-state index in [2.05, 4.69) is 213 Å². The molecule has 2 nitrogen and oxygen atoms in total. The zero-order chi connectivity index (χ0) is 41.3. The lowest BCUT2D eigenvalue weighted by molar-refractivity contribution is 0.662. The van der Waals surface area contributed by atoms with Crippen molar-refractivity contribution in [2.45, 2.75) is 19.3 Å². The Balaban J connectivity index is 1.06. The molecule has 0 N–H and O–H groups in total. The predicted octanol–water partition coefficient (Wildman–Crippen LogP) is 16.6. The predicted molar refractivity (Wildman–Crippen MR) is 263 cm³/mol. The molecule has 2 heteroatoms. The summed E-state index contributed by atoms with van der Waals surface area (Å²) in [6.45, 7) is 4.78. The fraction of sp³-hybridized carbons (Fsp3) is 0.0500. The third-order valence-electron chi connectivity index (χ3n) is 14.0. The van der Waals surface area contributed by atoms with Gasteiger partial charge in [0.2, 0.25) is 0 Å². The van der Waals surface area contributed by atoms with E-state index in [1.807, 2.05) is 6.07 Å². The molecule has 0 radical (unpaired) electrons. The van der Waals surface area contributed by atoms with Crippen LogP contribution in [0.5, 0.6) is 0 Å². The Kier molecular flexibility index (Phi) is 7.17. The quantitative estimate of drug-likeness (QED) is 0.167. The number of anilines is 3. The first-order valence-electron chi connectivity index (χ1n) is 21.5. The van der Waals surface area contributed by atoms with E-state index in [9.17, 15) is 5.26 Å². The third kappa shape index (κ3) is 4.85. The third-order valence-corrected chi connectivity index (χ3v) is 14.0. The molecule has 12 aromatic carbocycles. The summed E-state index contributed by atoms with van der Waals surface area (Å²) >= 11 is 0. The van der Waals surface area contributed by atoms with Gasteiger partial charge in [-0.2, -0.15) is 5.26 Å². The summed E-state index contributed by atoms with van der Waals surface area (Å²) in [5.74, 6) is 0. The number of hydrogen-bond acceptors (Lipinski definition) is 2. The molecule has 0 unspecified atom stereocenters. The Hall–Kier alpha value is -7.99. The van der Waals surface area contributed by atoms with Crippen LogP contribution in [0.3, 0.4) is 0 Å². The van der Waals surface area contributed by atoms with Crippen LogP contribution >= 0.6 is 0 Å². The van der Waals surface area contributed by atoms with Crippen LogP contribution in [0.2, 0.25) is 0 Å². The zero-order valence-electron chi connectivity index (χ0n) is 34.4. The average molecular weight is 787 g/mol. The van der Waals surface area contributed by atoms with Gasteiger partial charge in [-0.3, -0.25) is 0 Å². The van der Waals surface area contributed by atoms with Gasteiger partial charge in [0.1, 0.15) is 0 Å². The normalized spacial score (nSPS) is 13.1. The van der Waals surface area contributed by atoms with E-state index in [1.54, 1.807) is 0 Å². The van der Waals surface area contributed by atoms with E-state index in [0.29, 0.717) is 5.56 Å². The highest BCUT2D eigenvalue weighted by Crippen LogP contribution is 2.54. The first kappa shape index (κ1) is 34.8. The van der Waals surface area contributed by atoms with Gasteiger partial charge in [0, 0.05) is 22.2 Å². The summed E-state index contributed by atoms with van der Waals surface area (Å²) < 4.78 is 0. The summed E-state index contributed by atoms with van der Waals surface area (Å²) in [6, 6.07) is 73.9. The molecular weight excluding hydrogens is 749 g/mol. The van der Waals surface area contributed by atoms with Gasteiger partial charge in [-0.25, -0.2) is 0 Å². The molecule has 13 rings (SSSR count). The molecule has 0 amide bonds. The molecule has 0 spiro atoms. The highest BCUT2D eigenvalue weighted by atomic mass is 15.1. The Morgan fingerprint density at radius 1 is 0.355 bits per heavy atom. The van der Waals surface area contributed by atoms with E-state index in [1.165, 1.54) is 103 Å². The van der Waals surface area contributed by atoms with Gasteiger partial charge in [-0.05, 0) is 170 Å². The molecule has 0 aromatic heterocycles. The minimum Gasteiger partial charge on any atom is -0.310 e. The summed E-state index contributed by atoms with van der Waals surface area (Å²) in [7, 11) is 0. The van der Waals surface area contributed by atoms with Crippen LogP contribution in [0.4, 0.5) is 17.1 Å². The van der Waals surface area contributed by atoms with E-state index in [0.717, 1.165) is 22.4 Å². The largest absolute Gasteiger partial charge is 0.310 e. The first-order valence-corrected chi connectivity index (χ1v) is 21.5. The molecule has 1 aliphatic rings. The van der Waals surface area contributed by atoms with Crippen LogP contribution in [-0.4, -0.2) is 0 Å². The monoisotopic (exact) mass is 786 g/mol. The van der Waals surface area contributed by atoms with E-state index < -0.39 is 0 Å². The number of rotatable bonds is 3. The van der Waals surface area contributed by atoms with Gasteiger partial charge in [0.05, 0.1) is 17.3 Å². The molecule has 62 heavy (non-hydrogen) atoms. The van der Waals surface area contributed by atoms with Gasteiger partial charge in [-0.15, -0.1) is 0 Å². The van der Waals surface area contributed by atoms with Crippen molar-refractivity contribution in [3.8, 4) is 17.2 Å². The number of hydrogen-bond donors (Lipinski definition) is 0. The second-order valence-corrected chi connectivity index (χ2v) is 17.6. The lowest BCUT2D eigenvalue weighted by Gasteiger charge is -2.28. The lowest BCUT2D eigenvalue weighted by Crippen LogP contribution is -2.15. The molecule has 0 bridgehead atoms. The van der Waals surface area contributed by atoms with Crippen molar-refractivity contribution in [3.05, 3.63) is 211 Å². The molecule has 0 saturated heterocycles. The second kappa shape index (κ2) is 12.8. The highest BCUT2D eigenvalue weighted by Gasteiger charge is 2.37. The number of nitrogens with zero attached hydrogens (tertiary/aromatic N) is 2. The van der Waals surface area contributed by atoms with Crippen molar-refractivity contribution in [2.75, 3.05) is 4.90 Å². The van der Waals surface area contributed by atoms with Crippen molar-refractivity contribution in [2.24, 2.45) is 0 Å². The minimum absolute atomic E-state index is 0.239. The lowest BCUT2D eigenvalue weighted by atomic mass is 9.80. The molecular formula is C60H38N2. The van der Waals surface area contributed by atoms with Crippen molar-refractivity contribution >= 4 is 103 Å². The van der Waals surface area contributed by atoms with Gasteiger partial charge in [0.15, 0.2) is 0 Å². The van der Waals surface area contributed by atoms with E-state index in [-0.39, 0.29) is 5.41 Å².